The Bertz CT molecular complexity index is 2180. The van der Waals surface area contributed by atoms with Crippen molar-refractivity contribution in [3.8, 4) is 5.00 Å². The van der Waals surface area contributed by atoms with Gasteiger partial charge in [0.15, 0.2) is 5.82 Å². The molecular formula is C39H39ClN6O5S. The number of nitrogens with zero attached hydrogens (tertiary/aromatic N) is 4. The summed E-state index contributed by atoms with van der Waals surface area (Å²) < 4.78 is 13.2. The van der Waals surface area contributed by atoms with E-state index in [1.807, 2.05) is 35.8 Å². The third kappa shape index (κ3) is 7.93. The van der Waals surface area contributed by atoms with E-state index < -0.39 is 29.8 Å². The Morgan fingerprint density at radius 2 is 1.58 bits per heavy atom. The van der Waals surface area contributed by atoms with Crippen molar-refractivity contribution in [2.75, 3.05) is 10.6 Å². The molecule has 2 aromatic heterocycles. The van der Waals surface area contributed by atoms with Gasteiger partial charge in [0.1, 0.15) is 28.6 Å². The highest BCUT2D eigenvalue weighted by Crippen LogP contribution is 2.40. The predicted octanol–water partition coefficient (Wildman–Crippen LogP) is 9.09. The van der Waals surface area contributed by atoms with E-state index in [9.17, 15) is 14.4 Å². The van der Waals surface area contributed by atoms with Gasteiger partial charge in [0.2, 0.25) is 0 Å². The molecule has 0 radical (unpaired) electrons. The number of anilines is 2. The molecule has 1 aliphatic heterocycles. The van der Waals surface area contributed by atoms with Crippen LogP contribution >= 0.6 is 22.9 Å². The van der Waals surface area contributed by atoms with Gasteiger partial charge in [-0.2, -0.15) is 0 Å². The number of halogens is 1. The van der Waals surface area contributed by atoms with Gasteiger partial charge in [-0.05, 0) is 96.0 Å². The number of aliphatic imine (C=N–C) groups is 1. The monoisotopic (exact) mass is 738 g/mol. The summed E-state index contributed by atoms with van der Waals surface area (Å²) in [6.45, 7) is 13.1. The van der Waals surface area contributed by atoms with Gasteiger partial charge < -0.3 is 14.8 Å². The van der Waals surface area contributed by atoms with Gasteiger partial charge in [-0.15, -0.1) is 21.5 Å². The van der Waals surface area contributed by atoms with Gasteiger partial charge >= 0.3 is 12.1 Å². The fourth-order valence-corrected chi connectivity index (χ4v) is 7.16. The molecular weight excluding hydrogens is 700 g/mol. The number of hydrogen-bond donors (Lipinski definition) is 2. The van der Waals surface area contributed by atoms with E-state index in [1.165, 1.54) is 0 Å². The normalized spacial score (nSPS) is 14.3. The van der Waals surface area contributed by atoms with Gasteiger partial charge in [-0.3, -0.25) is 24.5 Å². The second kappa shape index (κ2) is 14.7. The Hall–Kier alpha value is -5.33. The number of esters is 1. The zero-order valence-electron chi connectivity index (χ0n) is 29.9. The molecule has 5 aromatic rings. The standard InChI is InChI=1S/C39H39ClN6O5S/c1-21-23(3)52-37-33(21)34(26-16-18-28(40)19-17-26)41-31(35-45-44-24(4)46(35)37)20-32(47)50-22(2)25-12-14-27(15-13-25)36(48)42-29-10-8-9-11-30(29)43-38(49)51-39(5,6)7/h8-19,22,31H,20H2,1-7H3,(H,42,48)(H,43,49)/t22-,31+/m0/s1. The summed E-state index contributed by atoms with van der Waals surface area (Å²) in [5.41, 5.74) is 4.93. The number of amides is 2. The fraction of sp³-hybridized carbons (Fsp3) is 0.282. The summed E-state index contributed by atoms with van der Waals surface area (Å²) in [6, 6.07) is 20.5. The number of ether oxygens (including phenoxy) is 2. The lowest BCUT2D eigenvalue weighted by molar-refractivity contribution is -0.149. The molecule has 2 amide bonds. The van der Waals surface area contributed by atoms with Crippen molar-refractivity contribution < 1.29 is 23.9 Å². The molecule has 0 bridgehead atoms. The summed E-state index contributed by atoms with van der Waals surface area (Å²) in [4.78, 5) is 45.4. The Balaban J connectivity index is 1.17. The molecule has 268 valence electrons. The first-order valence-corrected chi connectivity index (χ1v) is 17.9. The van der Waals surface area contributed by atoms with Crippen LogP contribution in [0.2, 0.25) is 5.02 Å². The SMILES string of the molecule is Cc1sc2c(c1C)C(c1ccc(Cl)cc1)=N[C@H](CC(=O)O[C@@H](C)c1ccc(C(=O)Nc3ccccc3NC(=O)OC(C)(C)C)cc1)c1nnc(C)n1-2. The molecule has 0 fully saturated rings. The first-order chi connectivity index (χ1) is 24.7. The Morgan fingerprint density at radius 3 is 2.23 bits per heavy atom. The maximum absolute atomic E-state index is 13.5. The minimum absolute atomic E-state index is 0.0657. The third-order valence-electron chi connectivity index (χ3n) is 8.48. The molecule has 6 rings (SSSR count). The second-order valence-corrected chi connectivity index (χ2v) is 15.1. The fourth-order valence-electron chi connectivity index (χ4n) is 5.82. The van der Waals surface area contributed by atoms with Gasteiger partial charge in [-0.1, -0.05) is 48.0 Å². The van der Waals surface area contributed by atoms with E-state index in [2.05, 4.69) is 34.7 Å². The number of hydrogen-bond acceptors (Lipinski definition) is 9. The molecule has 2 N–H and O–H groups in total. The third-order valence-corrected chi connectivity index (χ3v) is 9.92. The quantitative estimate of drug-likeness (QED) is 0.152. The van der Waals surface area contributed by atoms with E-state index in [4.69, 9.17) is 26.1 Å². The lowest BCUT2D eigenvalue weighted by atomic mass is 9.99. The van der Waals surface area contributed by atoms with Crippen LogP contribution in [-0.2, 0) is 14.3 Å². The van der Waals surface area contributed by atoms with Crippen LogP contribution in [0.15, 0.2) is 77.8 Å². The zero-order chi connectivity index (χ0) is 37.3. The lowest BCUT2D eigenvalue weighted by Crippen LogP contribution is -2.27. The molecule has 11 nitrogen and oxygen atoms in total. The van der Waals surface area contributed by atoms with Crippen molar-refractivity contribution in [1.29, 1.82) is 0 Å². The van der Waals surface area contributed by atoms with Gasteiger partial charge in [0.05, 0.1) is 23.5 Å². The highest BCUT2D eigenvalue weighted by Gasteiger charge is 2.33. The molecule has 0 saturated carbocycles. The summed E-state index contributed by atoms with van der Waals surface area (Å²) >= 11 is 7.87. The first kappa shape index (κ1) is 36.5. The van der Waals surface area contributed by atoms with E-state index in [-0.39, 0.29) is 12.3 Å². The molecule has 0 spiro atoms. The summed E-state index contributed by atoms with van der Waals surface area (Å²) in [6.07, 6.45) is -1.31. The average molecular weight is 739 g/mol. The number of rotatable bonds is 8. The lowest BCUT2D eigenvalue weighted by Gasteiger charge is -2.20. The Kier molecular flexibility index (Phi) is 10.3. The molecule has 3 aromatic carbocycles. The molecule has 52 heavy (non-hydrogen) atoms. The molecule has 13 heteroatoms. The molecule has 0 saturated heterocycles. The Labute approximate surface area is 311 Å². The first-order valence-electron chi connectivity index (χ1n) is 16.7. The van der Waals surface area contributed by atoms with Crippen molar-refractivity contribution in [2.24, 2.45) is 4.99 Å². The minimum atomic E-state index is -0.673. The minimum Gasteiger partial charge on any atom is -0.458 e. The smallest absolute Gasteiger partial charge is 0.412 e. The van der Waals surface area contributed by atoms with Gasteiger partial charge in [0, 0.05) is 26.6 Å². The molecule has 0 unspecified atom stereocenters. The van der Waals surface area contributed by atoms with E-state index in [0.29, 0.717) is 39.2 Å². The van der Waals surface area contributed by atoms with Crippen LogP contribution in [0.25, 0.3) is 5.00 Å². The summed E-state index contributed by atoms with van der Waals surface area (Å²) in [5.74, 6) is 0.421. The van der Waals surface area contributed by atoms with Crippen LogP contribution in [0.1, 0.15) is 95.4 Å². The van der Waals surface area contributed by atoms with Crippen LogP contribution in [-0.4, -0.2) is 44.0 Å². The number of carbonyl (C=O) groups excluding carboxylic acids is 3. The van der Waals surface area contributed by atoms with E-state index >= 15 is 0 Å². The predicted molar refractivity (Wildman–Crippen MR) is 203 cm³/mol. The molecule has 3 heterocycles. The summed E-state index contributed by atoms with van der Waals surface area (Å²) in [7, 11) is 0. The number of fused-ring (bicyclic) bond motifs is 3. The number of para-hydroxylation sites is 2. The zero-order valence-corrected chi connectivity index (χ0v) is 31.5. The van der Waals surface area contributed by atoms with Crippen LogP contribution in [0.3, 0.4) is 0 Å². The van der Waals surface area contributed by atoms with Crippen molar-refractivity contribution in [3.63, 3.8) is 0 Å². The number of aromatic nitrogens is 3. The van der Waals surface area contributed by atoms with Crippen molar-refractivity contribution >= 4 is 58.0 Å². The highest BCUT2D eigenvalue weighted by atomic mass is 35.5. The highest BCUT2D eigenvalue weighted by molar-refractivity contribution is 7.15. The Morgan fingerprint density at radius 1 is 0.923 bits per heavy atom. The second-order valence-electron chi connectivity index (χ2n) is 13.5. The molecule has 0 aliphatic carbocycles. The maximum Gasteiger partial charge on any atom is 0.412 e. The summed E-state index contributed by atoms with van der Waals surface area (Å²) in [5, 5.41) is 15.9. The number of carbonyl (C=O) groups is 3. The van der Waals surface area contributed by atoms with E-state index in [0.717, 1.165) is 32.3 Å². The van der Waals surface area contributed by atoms with Crippen LogP contribution in [0.5, 0.6) is 0 Å². The molecule has 2 atom stereocenters. The topological polar surface area (TPSA) is 137 Å². The van der Waals surface area contributed by atoms with Crippen molar-refractivity contribution in [3.05, 3.63) is 122 Å². The van der Waals surface area contributed by atoms with Crippen LogP contribution < -0.4 is 10.6 Å². The maximum atomic E-state index is 13.5. The van der Waals surface area contributed by atoms with Crippen molar-refractivity contribution in [1.82, 2.24) is 14.8 Å². The largest absolute Gasteiger partial charge is 0.458 e. The van der Waals surface area contributed by atoms with Crippen LogP contribution in [0, 0.1) is 20.8 Å². The number of nitrogens with one attached hydrogen (secondary N) is 2. The van der Waals surface area contributed by atoms with Gasteiger partial charge in [-0.25, -0.2) is 4.79 Å². The number of thiophene rings is 1. The van der Waals surface area contributed by atoms with E-state index in [1.54, 1.807) is 87.6 Å². The average Bonchev–Trinajstić information content (AvgIpc) is 3.56. The van der Waals surface area contributed by atoms with Crippen molar-refractivity contribution in [2.45, 2.75) is 72.6 Å². The van der Waals surface area contributed by atoms with Gasteiger partial charge in [0.25, 0.3) is 5.91 Å². The molecule has 1 aliphatic rings. The van der Waals surface area contributed by atoms with Crippen LogP contribution in [0.4, 0.5) is 16.2 Å². The number of aryl methyl sites for hydroxylation is 2. The number of benzene rings is 3.